The van der Waals surface area contributed by atoms with Gasteiger partial charge in [-0.25, -0.2) is 0 Å². The fraction of sp³-hybridized carbons (Fsp3) is 0.278. The van der Waals surface area contributed by atoms with Crippen molar-refractivity contribution >= 4 is 11.5 Å². The molecule has 2 aromatic rings. The Bertz CT molecular complexity index is 606. The fourth-order valence-corrected chi connectivity index (χ4v) is 3.00. The normalized spacial score (nSPS) is 17.6. The van der Waals surface area contributed by atoms with E-state index in [0.717, 1.165) is 18.7 Å². The summed E-state index contributed by atoms with van der Waals surface area (Å²) in [6.45, 7) is 2.85. The van der Waals surface area contributed by atoms with Crippen LogP contribution in [-0.2, 0) is 11.2 Å². The van der Waals surface area contributed by atoms with Gasteiger partial charge in [0.05, 0.1) is 0 Å². The van der Waals surface area contributed by atoms with Gasteiger partial charge in [0.2, 0.25) is 0 Å². The lowest BCUT2D eigenvalue weighted by Gasteiger charge is -2.38. The quantitative estimate of drug-likeness (QED) is 0.842. The van der Waals surface area contributed by atoms with Gasteiger partial charge in [-0.3, -0.25) is 4.79 Å². The van der Waals surface area contributed by atoms with E-state index in [-0.39, 0.29) is 6.04 Å². The molecule has 1 aliphatic rings. The van der Waals surface area contributed by atoms with Gasteiger partial charge in [0, 0.05) is 18.7 Å². The first-order valence-corrected chi connectivity index (χ1v) is 7.23. The maximum Gasteiger partial charge on any atom is 0.159 e. The molecule has 0 unspecified atom stereocenters. The Morgan fingerprint density at radius 3 is 2.55 bits per heavy atom. The molecule has 1 aliphatic heterocycles. The summed E-state index contributed by atoms with van der Waals surface area (Å²) in [5.74, 6) is 0.293. The van der Waals surface area contributed by atoms with Crippen molar-refractivity contribution in [2.75, 3.05) is 11.4 Å². The molecule has 0 saturated heterocycles. The smallest absolute Gasteiger partial charge is 0.159 e. The van der Waals surface area contributed by atoms with Crippen molar-refractivity contribution in [1.29, 1.82) is 0 Å². The second kappa shape index (κ2) is 5.49. The number of carbonyl (C=O) groups is 1. The molecule has 1 heterocycles. The third-order valence-corrected chi connectivity index (χ3v) is 4.02. The minimum absolute atomic E-state index is 0.132. The number of ketones is 1. The largest absolute Gasteiger partial charge is 0.357 e. The third kappa shape index (κ3) is 2.22. The zero-order valence-electron chi connectivity index (χ0n) is 11.8. The molecule has 20 heavy (non-hydrogen) atoms. The number of anilines is 1. The minimum atomic E-state index is -0.132. The van der Waals surface area contributed by atoms with Gasteiger partial charge in [-0.2, -0.15) is 0 Å². The Balaban J connectivity index is 2.06. The summed E-state index contributed by atoms with van der Waals surface area (Å²) < 4.78 is 0. The molecule has 0 spiro atoms. The number of benzene rings is 2. The Morgan fingerprint density at radius 2 is 1.80 bits per heavy atom. The van der Waals surface area contributed by atoms with E-state index in [4.69, 9.17) is 0 Å². The highest BCUT2D eigenvalue weighted by Gasteiger charge is 2.31. The lowest BCUT2D eigenvalue weighted by atomic mass is 9.89. The summed E-state index contributed by atoms with van der Waals surface area (Å²) in [6, 6.07) is 18.5. The average Bonchev–Trinajstić information content (AvgIpc) is 2.54. The van der Waals surface area contributed by atoms with Crippen LogP contribution in [0.3, 0.4) is 0 Å². The van der Waals surface area contributed by atoms with Crippen LogP contribution in [0.25, 0.3) is 0 Å². The van der Waals surface area contributed by atoms with Gasteiger partial charge >= 0.3 is 0 Å². The second-order valence-corrected chi connectivity index (χ2v) is 5.20. The Labute approximate surface area is 120 Å². The first-order chi connectivity index (χ1) is 9.81. The molecule has 0 aromatic heterocycles. The Kier molecular flexibility index (Phi) is 3.55. The molecule has 102 valence electrons. The fourth-order valence-electron chi connectivity index (χ4n) is 3.00. The van der Waals surface area contributed by atoms with E-state index in [1.54, 1.807) is 0 Å². The molecule has 0 bridgehead atoms. The third-order valence-electron chi connectivity index (χ3n) is 4.02. The summed E-state index contributed by atoms with van der Waals surface area (Å²) in [5.41, 5.74) is 3.62. The predicted octanol–water partition coefficient (Wildman–Crippen LogP) is 3.77. The number of nitrogens with zero attached hydrogens (tertiary/aromatic N) is 1. The zero-order chi connectivity index (χ0) is 13.9. The summed E-state index contributed by atoms with van der Waals surface area (Å²) in [4.78, 5) is 14.7. The molecule has 0 saturated carbocycles. The van der Waals surface area contributed by atoms with Gasteiger partial charge in [-0.15, -0.1) is 0 Å². The molecule has 3 rings (SSSR count). The molecular formula is C18H19NO. The van der Waals surface area contributed by atoms with Crippen molar-refractivity contribution in [3.05, 3.63) is 65.7 Å². The van der Waals surface area contributed by atoms with Crippen LogP contribution in [0, 0.1) is 0 Å². The first kappa shape index (κ1) is 12.9. The number of rotatable bonds is 3. The number of hydrogen-bond acceptors (Lipinski definition) is 2. The van der Waals surface area contributed by atoms with Gasteiger partial charge in [0.15, 0.2) is 5.78 Å². The van der Waals surface area contributed by atoms with Gasteiger partial charge < -0.3 is 4.90 Å². The van der Waals surface area contributed by atoms with E-state index >= 15 is 0 Å². The molecule has 0 amide bonds. The minimum Gasteiger partial charge on any atom is -0.357 e. The number of hydrogen-bond donors (Lipinski definition) is 0. The average molecular weight is 265 g/mol. The van der Waals surface area contributed by atoms with Crippen molar-refractivity contribution in [2.45, 2.75) is 25.8 Å². The van der Waals surface area contributed by atoms with Crippen LogP contribution in [0.5, 0.6) is 0 Å². The van der Waals surface area contributed by atoms with Crippen LogP contribution in [0.2, 0.25) is 0 Å². The molecular weight excluding hydrogens is 246 g/mol. The monoisotopic (exact) mass is 265 g/mol. The maximum atomic E-state index is 12.5. The number of Topliss-reactive ketones (excluding diaryl/α,β-unsaturated/α-hetero) is 1. The van der Waals surface area contributed by atoms with Crippen molar-refractivity contribution in [1.82, 2.24) is 0 Å². The van der Waals surface area contributed by atoms with Gasteiger partial charge in [-0.1, -0.05) is 49.4 Å². The van der Waals surface area contributed by atoms with E-state index in [1.165, 1.54) is 11.1 Å². The van der Waals surface area contributed by atoms with Crippen molar-refractivity contribution < 1.29 is 4.79 Å². The lowest BCUT2D eigenvalue weighted by Crippen LogP contribution is -2.39. The summed E-state index contributed by atoms with van der Waals surface area (Å²) >= 11 is 0. The first-order valence-electron chi connectivity index (χ1n) is 7.23. The highest BCUT2D eigenvalue weighted by Crippen LogP contribution is 2.34. The molecule has 0 N–H and O–H groups in total. The molecule has 2 heteroatoms. The van der Waals surface area contributed by atoms with E-state index in [0.29, 0.717) is 12.2 Å². The van der Waals surface area contributed by atoms with Gasteiger partial charge in [0.1, 0.15) is 6.04 Å². The van der Waals surface area contributed by atoms with E-state index in [2.05, 4.69) is 35.2 Å². The summed E-state index contributed by atoms with van der Waals surface area (Å²) in [6.07, 6.45) is 1.57. The van der Waals surface area contributed by atoms with Crippen molar-refractivity contribution in [3.8, 4) is 0 Å². The number of para-hydroxylation sites is 1. The van der Waals surface area contributed by atoms with E-state index in [1.807, 2.05) is 31.2 Å². The molecule has 2 aromatic carbocycles. The molecule has 2 nitrogen and oxygen atoms in total. The Hall–Kier alpha value is -2.09. The summed E-state index contributed by atoms with van der Waals surface area (Å²) in [7, 11) is 0. The van der Waals surface area contributed by atoms with Crippen LogP contribution in [0.1, 0.15) is 30.5 Å². The van der Waals surface area contributed by atoms with E-state index < -0.39 is 0 Å². The molecule has 1 atom stereocenters. The lowest BCUT2D eigenvalue weighted by molar-refractivity contribution is -0.120. The summed E-state index contributed by atoms with van der Waals surface area (Å²) in [5, 5.41) is 0. The second-order valence-electron chi connectivity index (χ2n) is 5.20. The number of carbonyl (C=O) groups excluding carboxylic acids is 1. The topological polar surface area (TPSA) is 20.3 Å². The van der Waals surface area contributed by atoms with Crippen LogP contribution in [0.4, 0.5) is 5.69 Å². The highest BCUT2D eigenvalue weighted by molar-refractivity contribution is 5.89. The van der Waals surface area contributed by atoms with Crippen LogP contribution < -0.4 is 4.90 Å². The molecule has 0 aliphatic carbocycles. The van der Waals surface area contributed by atoms with Gasteiger partial charge in [-0.05, 0) is 29.7 Å². The van der Waals surface area contributed by atoms with Crippen molar-refractivity contribution in [2.24, 2.45) is 0 Å². The van der Waals surface area contributed by atoms with Gasteiger partial charge in [0.25, 0.3) is 0 Å². The Morgan fingerprint density at radius 1 is 1.10 bits per heavy atom. The zero-order valence-corrected chi connectivity index (χ0v) is 11.8. The van der Waals surface area contributed by atoms with E-state index in [9.17, 15) is 4.79 Å². The maximum absolute atomic E-state index is 12.5. The van der Waals surface area contributed by atoms with Crippen LogP contribution >= 0.6 is 0 Å². The van der Waals surface area contributed by atoms with Crippen molar-refractivity contribution in [3.63, 3.8) is 0 Å². The highest BCUT2D eigenvalue weighted by atomic mass is 16.1. The van der Waals surface area contributed by atoms with Crippen LogP contribution in [-0.4, -0.2) is 12.3 Å². The standard InChI is InChI=1S/C18H19NO/c1-2-17(20)18-16-11-7-6-8-14(16)12-13-19(18)15-9-4-3-5-10-15/h3-11,18H,2,12-13H2,1H3/t18-/m0/s1. The predicted molar refractivity (Wildman–Crippen MR) is 82.0 cm³/mol. The molecule has 0 fully saturated rings. The SMILES string of the molecule is CCC(=O)[C@@H]1c2ccccc2CCN1c1ccccc1. The number of fused-ring (bicyclic) bond motifs is 1. The molecule has 0 radical (unpaired) electrons. The van der Waals surface area contributed by atoms with Crippen LogP contribution in [0.15, 0.2) is 54.6 Å².